The van der Waals surface area contributed by atoms with Crippen LogP contribution in [0.5, 0.6) is 0 Å². The van der Waals surface area contributed by atoms with Gasteiger partial charge in [0.1, 0.15) is 12.1 Å². The van der Waals surface area contributed by atoms with Gasteiger partial charge in [-0.1, -0.05) is 6.07 Å². The molecule has 1 saturated heterocycles. The molecular weight excluding hydrogens is 389 g/mol. The second-order valence-corrected chi connectivity index (χ2v) is 6.18. The Morgan fingerprint density at radius 2 is 1.81 bits per heavy atom. The van der Waals surface area contributed by atoms with Crippen molar-refractivity contribution in [3.05, 3.63) is 47.8 Å². The fourth-order valence-corrected chi connectivity index (χ4v) is 3.07. The summed E-state index contributed by atoms with van der Waals surface area (Å²) in [6.45, 7) is 4.69. The van der Waals surface area contributed by atoms with Gasteiger partial charge in [-0.15, -0.1) is 40.1 Å². The molecule has 3 aromatic rings. The van der Waals surface area contributed by atoms with Gasteiger partial charge >= 0.3 is 0 Å². The van der Waals surface area contributed by atoms with Gasteiger partial charge in [0, 0.05) is 37.4 Å². The molecule has 0 spiro atoms. The number of aromatic nitrogens is 4. The molecule has 0 unspecified atom stereocenters. The minimum absolute atomic E-state index is 0. The molecule has 144 valence electrons. The third-order valence-corrected chi connectivity index (χ3v) is 4.53. The van der Waals surface area contributed by atoms with Crippen LogP contribution in [0.25, 0.3) is 5.65 Å². The molecule has 1 aliphatic heterocycles. The summed E-state index contributed by atoms with van der Waals surface area (Å²) < 4.78 is 1.66. The first-order valence-electron chi connectivity index (χ1n) is 8.19. The Balaban J connectivity index is 0.00000131. The lowest BCUT2D eigenvalue weighted by molar-refractivity contribution is 0.0746. The van der Waals surface area contributed by atoms with Crippen molar-refractivity contribution in [1.82, 2.24) is 24.7 Å². The van der Waals surface area contributed by atoms with E-state index in [0.717, 1.165) is 30.1 Å². The van der Waals surface area contributed by atoms with E-state index in [9.17, 15) is 4.79 Å². The summed E-state index contributed by atoms with van der Waals surface area (Å²) in [5.74, 6) is 0.895. The lowest BCUT2D eigenvalue weighted by Gasteiger charge is -2.35. The van der Waals surface area contributed by atoms with Crippen LogP contribution in [0, 0.1) is 6.92 Å². The first-order valence-corrected chi connectivity index (χ1v) is 8.19. The zero-order chi connectivity index (χ0) is 17.4. The van der Waals surface area contributed by atoms with Crippen LogP contribution in [-0.2, 0) is 0 Å². The van der Waals surface area contributed by atoms with Crippen molar-refractivity contribution in [2.45, 2.75) is 6.92 Å². The summed E-state index contributed by atoms with van der Waals surface area (Å²) in [6.07, 6.45) is 1.58. The van der Waals surface area contributed by atoms with Crippen molar-refractivity contribution < 1.29 is 4.79 Å². The third kappa shape index (κ3) is 4.06. The summed E-state index contributed by atoms with van der Waals surface area (Å²) in [6, 6.07) is 9.28. The van der Waals surface area contributed by atoms with Crippen LogP contribution < -0.4 is 10.6 Å². The number of nitrogen functional groups attached to an aromatic ring is 1. The maximum Gasteiger partial charge on any atom is 0.254 e. The number of carbonyl (C=O) groups excluding carboxylic acids is 1. The van der Waals surface area contributed by atoms with Gasteiger partial charge in [0.2, 0.25) is 0 Å². The van der Waals surface area contributed by atoms with Gasteiger partial charge in [-0.2, -0.15) is 4.52 Å². The van der Waals surface area contributed by atoms with Crippen molar-refractivity contribution in [3.63, 3.8) is 0 Å². The van der Waals surface area contributed by atoms with Gasteiger partial charge in [-0.25, -0.2) is 0 Å². The summed E-state index contributed by atoms with van der Waals surface area (Å²) in [5, 5.41) is 12.3. The molecule has 0 atom stereocenters. The molecule has 1 fully saturated rings. The average molecular weight is 410 g/mol. The Morgan fingerprint density at radius 1 is 1.07 bits per heavy atom. The zero-order valence-corrected chi connectivity index (χ0v) is 16.4. The van der Waals surface area contributed by atoms with E-state index in [1.165, 1.54) is 0 Å². The van der Waals surface area contributed by atoms with Crippen molar-refractivity contribution in [3.8, 4) is 0 Å². The fourth-order valence-electron chi connectivity index (χ4n) is 3.07. The predicted molar refractivity (Wildman–Crippen MR) is 109 cm³/mol. The number of nitrogens with zero attached hydrogens (tertiary/aromatic N) is 6. The van der Waals surface area contributed by atoms with E-state index in [2.05, 4.69) is 20.2 Å². The topological polar surface area (TPSA) is 92.7 Å². The number of aryl methyl sites for hydroxylation is 1. The van der Waals surface area contributed by atoms with E-state index >= 15 is 0 Å². The van der Waals surface area contributed by atoms with E-state index in [1.54, 1.807) is 16.9 Å². The number of piperazine rings is 1. The quantitative estimate of drug-likeness (QED) is 0.648. The number of nitrogens with two attached hydrogens (primary N) is 1. The Kier molecular flexibility index (Phi) is 6.45. The Bertz CT molecular complexity index is 938. The molecule has 27 heavy (non-hydrogen) atoms. The summed E-state index contributed by atoms with van der Waals surface area (Å²) in [7, 11) is 0. The average Bonchev–Trinajstić information content (AvgIpc) is 3.11. The smallest absolute Gasteiger partial charge is 0.254 e. The second kappa shape index (κ2) is 8.41. The highest BCUT2D eigenvalue weighted by Gasteiger charge is 2.24. The van der Waals surface area contributed by atoms with Crippen LogP contribution >= 0.6 is 24.8 Å². The lowest BCUT2D eigenvalue weighted by atomic mass is 10.1. The van der Waals surface area contributed by atoms with E-state index < -0.39 is 0 Å². The highest BCUT2D eigenvalue weighted by Crippen LogP contribution is 2.18. The van der Waals surface area contributed by atoms with Gasteiger partial charge in [0.05, 0.1) is 0 Å². The van der Waals surface area contributed by atoms with Crippen molar-refractivity contribution in [2.75, 3.05) is 36.8 Å². The number of hydrogen-bond acceptors (Lipinski definition) is 6. The number of fused-ring (bicyclic) bond motifs is 1. The number of amides is 1. The van der Waals surface area contributed by atoms with Crippen LogP contribution in [0.1, 0.15) is 15.9 Å². The Hall–Kier alpha value is -2.58. The fraction of sp³-hybridized carbons (Fsp3) is 0.294. The zero-order valence-electron chi connectivity index (χ0n) is 14.8. The van der Waals surface area contributed by atoms with E-state index in [0.29, 0.717) is 24.3 Å². The normalized spacial score (nSPS) is 13.8. The van der Waals surface area contributed by atoms with E-state index in [1.807, 2.05) is 36.1 Å². The molecule has 8 nitrogen and oxygen atoms in total. The van der Waals surface area contributed by atoms with Crippen LogP contribution in [-0.4, -0.2) is 56.8 Å². The molecule has 2 aromatic heterocycles. The van der Waals surface area contributed by atoms with Gasteiger partial charge in [0.25, 0.3) is 5.91 Å². The molecule has 0 aliphatic carbocycles. The Labute approximate surface area is 169 Å². The lowest BCUT2D eigenvalue weighted by Crippen LogP contribution is -2.49. The molecule has 4 rings (SSSR count). The summed E-state index contributed by atoms with van der Waals surface area (Å²) in [4.78, 5) is 16.8. The molecule has 10 heteroatoms. The predicted octanol–water partition coefficient (Wildman–Crippen LogP) is 1.82. The van der Waals surface area contributed by atoms with Crippen LogP contribution in [0.15, 0.2) is 36.7 Å². The van der Waals surface area contributed by atoms with Crippen molar-refractivity contribution in [1.29, 1.82) is 0 Å². The summed E-state index contributed by atoms with van der Waals surface area (Å²) >= 11 is 0. The molecule has 1 amide bonds. The number of hydrogen-bond donors (Lipinski definition) is 1. The molecule has 0 radical (unpaired) electrons. The minimum Gasteiger partial charge on any atom is -0.399 e. The second-order valence-electron chi connectivity index (χ2n) is 6.18. The van der Waals surface area contributed by atoms with Gasteiger partial charge in [-0.3, -0.25) is 4.79 Å². The van der Waals surface area contributed by atoms with Crippen molar-refractivity contribution >= 4 is 47.9 Å². The molecular formula is C17H21Cl2N7O. The molecule has 2 N–H and O–H groups in total. The maximum atomic E-state index is 12.8. The van der Waals surface area contributed by atoms with Crippen LogP contribution in [0.2, 0.25) is 0 Å². The molecule has 3 heterocycles. The maximum absolute atomic E-state index is 12.8. The highest BCUT2D eigenvalue weighted by molar-refractivity contribution is 5.96. The van der Waals surface area contributed by atoms with E-state index in [4.69, 9.17) is 5.73 Å². The summed E-state index contributed by atoms with van der Waals surface area (Å²) in [5.41, 5.74) is 8.78. The first kappa shape index (κ1) is 20.7. The number of benzene rings is 1. The number of halogens is 2. The third-order valence-electron chi connectivity index (χ3n) is 4.53. The molecule has 0 saturated carbocycles. The molecule has 1 aromatic carbocycles. The largest absolute Gasteiger partial charge is 0.399 e. The minimum atomic E-state index is 0. The number of rotatable bonds is 2. The van der Waals surface area contributed by atoms with Gasteiger partial charge in [-0.05, 0) is 36.8 Å². The SMILES string of the molecule is Cc1ccc(N)cc1C(=O)N1CCN(c2ccc3nncn3n2)CC1.Cl.Cl. The van der Waals surface area contributed by atoms with Gasteiger partial charge in [0.15, 0.2) is 5.65 Å². The molecule has 0 bridgehead atoms. The Morgan fingerprint density at radius 3 is 2.56 bits per heavy atom. The standard InChI is InChI=1S/C17H19N7O.2ClH/c1-12-2-3-13(18)10-14(12)17(25)23-8-6-22(7-9-23)16-5-4-15-20-19-11-24(15)21-16;;/h2-5,10-11H,6-9,18H2,1H3;2*1H. The highest BCUT2D eigenvalue weighted by atomic mass is 35.5. The van der Waals surface area contributed by atoms with Gasteiger partial charge < -0.3 is 15.5 Å². The van der Waals surface area contributed by atoms with E-state index in [-0.39, 0.29) is 30.7 Å². The number of anilines is 2. The van der Waals surface area contributed by atoms with Crippen LogP contribution in [0.4, 0.5) is 11.5 Å². The van der Waals surface area contributed by atoms with Crippen LogP contribution in [0.3, 0.4) is 0 Å². The van der Waals surface area contributed by atoms with Crippen molar-refractivity contribution in [2.24, 2.45) is 0 Å². The number of carbonyl (C=O) groups is 1. The monoisotopic (exact) mass is 409 g/mol. The first-order chi connectivity index (χ1) is 12.1. The molecule has 1 aliphatic rings.